The molecule has 0 bridgehead atoms. The highest BCUT2D eigenvalue weighted by Gasteiger charge is 2.44. The van der Waals surface area contributed by atoms with Crippen LogP contribution in [0.15, 0.2) is 12.2 Å². The highest BCUT2D eigenvalue weighted by atomic mass is 16.7. The van der Waals surface area contributed by atoms with Gasteiger partial charge in [0.1, 0.15) is 36.6 Å². The Morgan fingerprint density at radius 3 is 1.25 bits per heavy atom. The Labute approximate surface area is 411 Å². The number of unbranched alkanes of at least 4 members (excludes halogenated alkanes) is 35. The average molecular weight is 956 g/mol. The Morgan fingerprint density at radius 2 is 0.866 bits per heavy atom. The van der Waals surface area contributed by atoms with Gasteiger partial charge in [-0.2, -0.15) is 0 Å². The molecule has 9 unspecified atom stereocenters. The molecule has 0 saturated carbocycles. The van der Waals surface area contributed by atoms with Gasteiger partial charge in [-0.15, -0.1) is 0 Å². The van der Waals surface area contributed by atoms with Crippen LogP contribution in [0.2, 0.25) is 0 Å². The fourth-order valence-electron chi connectivity index (χ4n) is 9.38. The van der Waals surface area contributed by atoms with E-state index in [9.17, 15) is 40.5 Å². The lowest BCUT2D eigenvalue weighted by molar-refractivity contribution is -0.303. The van der Waals surface area contributed by atoms with Crippen LogP contribution in [0.1, 0.15) is 271 Å². The first-order valence-electron chi connectivity index (χ1n) is 28.6. The Kier molecular flexibility index (Phi) is 43.8. The molecule has 1 heterocycles. The summed E-state index contributed by atoms with van der Waals surface area (Å²) >= 11 is 0. The molecular weight excluding hydrogens is 847 g/mol. The van der Waals surface area contributed by atoms with Crippen LogP contribution in [-0.2, 0) is 14.3 Å². The van der Waals surface area contributed by atoms with Gasteiger partial charge < -0.3 is 50.5 Å². The smallest absolute Gasteiger partial charge is 0.249 e. The van der Waals surface area contributed by atoms with Gasteiger partial charge in [0.2, 0.25) is 5.91 Å². The van der Waals surface area contributed by atoms with E-state index < -0.39 is 74.2 Å². The summed E-state index contributed by atoms with van der Waals surface area (Å²) in [6, 6.07) is -1.17. The molecule has 0 spiro atoms. The summed E-state index contributed by atoms with van der Waals surface area (Å²) in [5.74, 6) is -0.701. The molecule has 11 heteroatoms. The predicted octanol–water partition coefficient (Wildman–Crippen LogP) is 11.6. The zero-order valence-corrected chi connectivity index (χ0v) is 43.4. The summed E-state index contributed by atoms with van der Waals surface area (Å²) in [5, 5.41) is 76.1. The first-order valence-corrected chi connectivity index (χ1v) is 28.6. The van der Waals surface area contributed by atoms with E-state index in [-0.39, 0.29) is 6.42 Å². The fraction of sp³-hybridized carbons (Fsp3) is 0.946. The fourth-order valence-corrected chi connectivity index (χ4v) is 9.38. The molecule has 0 aromatic rings. The van der Waals surface area contributed by atoms with Gasteiger partial charge in [0, 0.05) is 0 Å². The van der Waals surface area contributed by atoms with Gasteiger partial charge in [-0.1, -0.05) is 244 Å². The lowest BCUT2D eigenvalue weighted by Crippen LogP contribution is -2.60. The molecule has 1 saturated heterocycles. The third kappa shape index (κ3) is 34.8. The number of allylic oxidation sites excluding steroid dienone is 2. The number of nitrogens with one attached hydrogen (secondary N) is 1. The Balaban J connectivity index is 2.32. The van der Waals surface area contributed by atoms with Gasteiger partial charge in [0.15, 0.2) is 6.29 Å². The van der Waals surface area contributed by atoms with Crippen molar-refractivity contribution in [2.24, 2.45) is 0 Å². The van der Waals surface area contributed by atoms with Crippen LogP contribution in [0.3, 0.4) is 0 Å². The molecule has 11 nitrogen and oxygen atoms in total. The molecular formula is C56H109NO10. The Hall–Kier alpha value is -1.15. The second kappa shape index (κ2) is 46.0. The van der Waals surface area contributed by atoms with Crippen molar-refractivity contribution < 1.29 is 50.0 Å². The van der Waals surface area contributed by atoms with Crippen LogP contribution in [0, 0.1) is 0 Å². The first-order chi connectivity index (χ1) is 32.7. The summed E-state index contributed by atoms with van der Waals surface area (Å²) in [6.45, 7) is 3.48. The second-order valence-corrected chi connectivity index (χ2v) is 20.4. The number of amides is 1. The Bertz CT molecular complexity index is 1100. The lowest BCUT2D eigenvalue weighted by atomic mass is 9.98. The van der Waals surface area contributed by atoms with E-state index in [0.717, 1.165) is 51.4 Å². The third-order valence-electron chi connectivity index (χ3n) is 14.1. The third-order valence-corrected chi connectivity index (χ3v) is 14.1. The minimum atomic E-state index is -1.66. The monoisotopic (exact) mass is 956 g/mol. The van der Waals surface area contributed by atoms with Crippen LogP contribution < -0.4 is 5.32 Å². The van der Waals surface area contributed by atoms with Crippen LogP contribution in [0.5, 0.6) is 0 Å². The van der Waals surface area contributed by atoms with E-state index in [2.05, 4.69) is 31.3 Å². The topological polar surface area (TPSA) is 189 Å². The molecule has 0 aliphatic carbocycles. The Morgan fingerprint density at radius 1 is 0.507 bits per heavy atom. The average Bonchev–Trinajstić information content (AvgIpc) is 3.33. The van der Waals surface area contributed by atoms with Crippen molar-refractivity contribution in [3.8, 4) is 0 Å². The van der Waals surface area contributed by atoms with Gasteiger partial charge >= 0.3 is 0 Å². The summed E-state index contributed by atoms with van der Waals surface area (Å²) in [6.07, 6.45) is 41.2. The van der Waals surface area contributed by atoms with Crippen molar-refractivity contribution in [3.05, 3.63) is 12.2 Å². The van der Waals surface area contributed by atoms with Crippen LogP contribution >= 0.6 is 0 Å². The number of aliphatic hydroxyl groups excluding tert-OH is 7. The number of hydrogen-bond donors (Lipinski definition) is 8. The predicted molar refractivity (Wildman–Crippen MR) is 275 cm³/mol. The molecule has 1 aliphatic rings. The van der Waals surface area contributed by atoms with Crippen molar-refractivity contribution in [2.45, 2.75) is 326 Å². The summed E-state index contributed by atoms with van der Waals surface area (Å²) in [4.78, 5) is 13.2. The van der Waals surface area contributed by atoms with E-state index in [1.54, 1.807) is 0 Å². The van der Waals surface area contributed by atoms with Gasteiger partial charge in [-0.05, 0) is 38.5 Å². The van der Waals surface area contributed by atoms with Crippen molar-refractivity contribution in [3.63, 3.8) is 0 Å². The number of hydrogen-bond acceptors (Lipinski definition) is 10. The maximum atomic E-state index is 13.2. The second-order valence-electron chi connectivity index (χ2n) is 20.4. The molecule has 0 aromatic heterocycles. The molecule has 1 amide bonds. The van der Waals surface area contributed by atoms with Crippen LogP contribution in [0.25, 0.3) is 0 Å². The molecule has 9 atom stereocenters. The number of carbonyl (C=O) groups excluding carboxylic acids is 1. The van der Waals surface area contributed by atoms with Gasteiger partial charge in [-0.25, -0.2) is 0 Å². The molecule has 0 radical (unpaired) electrons. The molecule has 1 rings (SSSR count). The normalized spacial score (nSPS) is 20.6. The van der Waals surface area contributed by atoms with Gasteiger partial charge in [-0.3, -0.25) is 4.79 Å². The largest absolute Gasteiger partial charge is 0.394 e. The molecule has 0 aromatic carbocycles. The van der Waals surface area contributed by atoms with Gasteiger partial charge in [0.25, 0.3) is 0 Å². The number of rotatable bonds is 49. The van der Waals surface area contributed by atoms with E-state index in [1.807, 2.05) is 0 Å². The number of aliphatic hydroxyl groups is 7. The van der Waals surface area contributed by atoms with Crippen LogP contribution in [0.4, 0.5) is 0 Å². The molecule has 67 heavy (non-hydrogen) atoms. The zero-order valence-electron chi connectivity index (χ0n) is 43.4. The van der Waals surface area contributed by atoms with E-state index in [0.29, 0.717) is 19.3 Å². The molecule has 1 fully saturated rings. The highest BCUT2D eigenvalue weighted by molar-refractivity contribution is 5.80. The minimum Gasteiger partial charge on any atom is -0.394 e. The van der Waals surface area contributed by atoms with Crippen molar-refractivity contribution in [1.29, 1.82) is 0 Å². The maximum Gasteiger partial charge on any atom is 0.249 e. The SMILES string of the molecule is CCCCCCCCCCC/C=C\CCCCCCC(O)C(=O)NC(COC1OC(CO)C(O)C(O)C1O)C(O)C(O)CCCCCCCCCCCCCCCCCCCCCCCCC. The minimum absolute atomic E-state index is 0.249. The van der Waals surface area contributed by atoms with Crippen molar-refractivity contribution >= 4 is 5.91 Å². The molecule has 1 aliphatic heterocycles. The summed E-state index contributed by atoms with van der Waals surface area (Å²) in [7, 11) is 0. The molecule has 398 valence electrons. The lowest BCUT2D eigenvalue weighted by Gasteiger charge is -2.40. The van der Waals surface area contributed by atoms with Crippen molar-refractivity contribution in [1.82, 2.24) is 5.32 Å². The van der Waals surface area contributed by atoms with E-state index >= 15 is 0 Å². The first kappa shape index (κ1) is 63.9. The number of ether oxygens (including phenoxy) is 2. The van der Waals surface area contributed by atoms with Gasteiger partial charge in [0.05, 0.1) is 25.4 Å². The van der Waals surface area contributed by atoms with Crippen molar-refractivity contribution in [2.75, 3.05) is 13.2 Å². The quantitative estimate of drug-likeness (QED) is 0.0215. The number of carbonyl (C=O) groups is 1. The maximum absolute atomic E-state index is 13.2. The van der Waals surface area contributed by atoms with Crippen LogP contribution in [-0.4, -0.2) is 110 Å². The molecule has 8 N–H and O–H groups in total. The standard InChI is InChI=1S/C56H109NO10/c1-3-5-7-9-11-13-15-17-19-21-22-23-24-25-26-28-29-31-33-35-37-39-41-43-48(59)51(61)47(46-66-56-54(64)53(63)52(62)50(45-58)67-56)57-55(65)49(60)44-42-40-38-36-34-32-30-27-20-18-16-14-12-10-8-6-4-2/h30,32,47-54,56,58-64H,3-29,31,33-46H2,1-2H3,(H,57,65)/b32-30-. The highest BCUT2D eigenvalue weighted by Crippen LogP contribution is 2.23. The zero-order chi connectivity index (χ0) is 49.0. The van der Waals surface area contributed by atoms with E-state index in [1.165, 1.54) is 180 Å². The van der Waals surface area contributed by atoms with E-state index in [4.69, 9.17) is 9.47 Å². The summed E-state index contributed by atoms with van der Waals surface area (Å²) < 4.78 is 11.1. The summed E-state index contributed by atoms with van der Waals surface area (Å²) in [5.41, 5.74) is 0.